The molecule has 2 heterocycles. The first kappa shape index (κ1) is 21.3. The number of esters is 1. The van der Waals surface area contributed by atoms with Gasteiger partial charge in [0, 0.05) is 12.4 Å². The summed E-state index contributed by atoms with van der Waals surface area (Å²) in [7, 11) is 0. The molecule has 0 aliphatic carbocycles. The van der Waals surface area contributed by atoms with Gasteiger partial charge in [0.1, 0.15) is 11.7 Å². The highest BCUT2D eigenvalue weighted by Crippen LogP contribution is 2.29. The summed E-state index contributed by atoms with van der Waals surface area (Å²) in [6, 6.07) is 24.1. The monoisotopic (exact) mass is 426 g/mol. The highest BCUT2D eigenvalue weighted by atomic mass is 16.5. The van der Waals surface area contributed by atoms with Crippen molar-refractivity contribution in [3.8, 4) is 0 Å². The van der Waals surface area contributed by atoms with E-state index in [0.29, 0.717) is 24.5 Å². The average molecular weight is 427 g/mol. The smallest absolute Gasteiger partial charge is 0.315 e. The molecule has 0 aliphatic heterocycles. The number of nitrogens with two attached hydrogens (primary N) is 1. The Morgan fingerprint density at radius 3 is 2.19 bits per heavy atom. The van der Waals surface area contributed by atoms with Crippen molar-refractivity contribution in [1.29, 1.82) is 0 Å². The minimum absolute atomic E-state index is 0.0558. The van der Waals surface area contributed by atoms with Crippen LogP contribution in [0.15, 0.2) is 91.5 Å². The molecule has 4 aromatic rings. The molecule has 0 amide bonds. The Bertz CT molecular complexity index is 1100. The predicted molar refractivity (Wildman–Crippen MR) is 124 cm³/mol. The van der Waals surface area contributed by atoms with Crippen molar-refractivity contribution >= 4 is 11.8 Å². The number of hydrogen-bond donors (Lipinski definition) is 1. The topological polar surface area (TPSA) is 83.0 Å². The largest absolute Gasteiger partial charge is 0.465 e. The van der Waals surface area contributed by atoms with Crippen LogP contribution in [0.25, 0.3) is 0 Å². The Morgan fingerprint density at radius 1 is 0.969 bits per heavy atom. The van der Waals surface area contributed by atoms with E-state index < -0.39 is 5.92 Å². The molecule has 0 bridgehead atoms. The molecular formula is C26H26N4O2. The number of carbonyl (C=O) groups is 1. The molecule has 0 saturated carbocycles. The van der Waals surface area contributed by atoms with Crippen LogP contribution in [0.1, 0.15) is 41.3 Å². The molecule has 6 heteroatoms. The first-order valence-electron chi connectivity index (χ1n) is 10.7. The molecule has 2 N–H and O–H groups in total. The van der Waals surface area contributed by atoms with Crippen LogP contribution in [-0.4, -0.2) is 27.1 Å². The van der Waals surface area contributed by atoms with Crippen molar-refractivity contribution in [2.45, 2.75) is 25.3 Å². The molecule has 0 fully saturated rings. The van der Waals surface area contributed by atoms with Crippen LogP contribution >= 0.6 is 0 Å². The van der Waals surface area contributed by atoms with Gasteiger partial charge in [0.25, 0.3) is 0 Å². The van der Waals surface area contributed by atoms with Gasteiger partial charge in [0.2, 0.25) is 0 Å². The highest BCUT2D eigenvalue weighted by molar-refractivity contribution is 5.78. The maximum absolute atomic E-state index is 12.8. The second-order valence-electron chi connectivity index (χ2n) is 7.57. The fraction of sp³-hybridized carbons (Fsp3) is 0.192. The normalized spacial score (nSPS) is 11.9. The fourth-order valence-electron chi connectivity index (χ4n) is 3.83. The second kappa shape index (κ2) is 9.92. The third kappa shape index (κ3) is 4.86. The van der Waals surface area contributed by atoms with E-state index in [2.05, 4.69) is 34.2 Å². The third-order valence-electron chi connectivity index (χ3n) is 5.37. The number of hydrogen-bond acceptors (Lipinski definition) is 5. The molecule has 2 aromatic heterocycles. The molecule has 162 valence electrons. The number of carbonyl (C=O) groups excluding carboxylic acids is 1. The molecule has 0 radical (unpaired) electrons. The minimum atomic E-state index is -0.533. The van der Waals surface area contributed by atoms with Crippen molar-refractivity contribution in [2.75, 3.05) is 12.3 Å². The van der Waals surface area contributed by atoms with E-state index in [1.54, 1.807) is 25.5 Å². The van der Waals surface area contributed by atoms with Gasteiger partial charge in [-0.25, -0.2) is 9.97 Å². The molecule has 0 spiro atoms. The summed E-state index contributed by atoms with van der Waals surface area (Å²) < 4.78 is 7.41. The number of pyridine rings is 1. The summed E-state index contributed by atoms with van der Waals surface area (Å²) >= 11 is 0. The van der Waals surface area contributed by atoms with Crippen LogP contribution in [0.4, 0.5) is 5.82 Å². The third-order valence-corrected chi connectivity index (χ3v) is 5.37. The van der Waals surface area contributed by atoms with Gasteiger partial charge < -0.3 is 15.0 Å². The summed E-state index contributed by atoms with van der Waals surface area (Å²) in [5, 5.41) is 0. The summed E-state index contributed by atoms with van der Waals surface area (Å²) in [6.45, 7) is 2.12. The van der Waals surface area contributed by atoms with Gasteiger partial charge in [0.05, 0.1) is 24.7 Å². The number of anilines is 1. The molecule has 1 unspecified atom stereocenters. The summed E-state index contributed by atoms with van der Waals surface area (Å²) in [5.74, 6) is -0.390. The average Bonchev–Trinajstić information content (AvgIpc) is 3.29. The first-order chi connectivity index (χ1) is 15.7. The van der Waals surface area contributed by atoms with Gasteiger partial charge in [0.15, 0.2) is 0 Å². The van der Waals surface area contributed by atoms with E-state index in [1.165, 1.54) is 0 Å². The van der Waals surface area contributed by atoms with E-state index in [4.69, 9.17) is 10.5 Å². The fourth-order valence-corrected chi connectivity index (χ4v) is 3.83. The number of ether oxygens (including phenoxy) is 1. The van der Waals surface area contributed by atoms with Crippen molar-refractivity contribution in [3.63, 3.8) is 0 Å². The van der Waals surface area contributed by atoms with Crippen molar-refractivity contribution in [2.24, 2.45) is 0 Å². The number of imidazole rings is 1. The molecule has 0 saturated heterocycles. The van der Waals surface area contributed by atoms with Gasteiger partial charge in [-0.2, -0.15) is 0 Å². The van der Waals surface area contributed by atoms with E-state index in [-0.39, 0.29) is 12.0 Å². The summed E-state index contributed by atoms with van der Waals surface area (Å²) in [6.07, 6.45) is 5.85. The zero-order valence-corrected chi connectivity index (χ0v) is 18.0. The van der Waals surface area contributed by atoms with Crippen LogP contribution in [0.3, 0.4) is 0 Å². The summed E-state index contributed by atoms with van der Waals surface area (Å²) in [4.78, 5) is 21.6. The van der Waals surface area contributed by atoms with E-state index in [1.807, 2.05) is 53.2 Å². The van der Waals surface area contributed by atoms with E-state index in [0.717, 1.165) is 16.7 Å². The van der Waals surface area contributed by atoms with E-state index >= 15 is 0 Å². The van der Waals surface area contributed by atoms with Crippen LogP contribution in [-0.2, 0) is 16.0 Å². The molecule has 1 atom stereocenters. The first-order valence-corrected chi connectivity index (χ1v) is 10.7. The van der Waals surface area contributed by atoms with Gasteiger partial charge in [-0.15, -0.1) is 0 Å². The Balaban J connectivity index is 1.70. The molecule has 2 aromatic carbocycles. The number of rotatable bonds is 8. The van der Waals surface area contributed by atoms with Crippen LogP contribution < -0.4 is 5.73 Å². The van der Waals surface area contributed by atoms with Crippen molar-refractivity contribution in [1.82, 2.24) is 14.5 Å². The van der Waals surface area contributed by atoms with Crippen molar-refractivity contribution in [3.05, 3.63) is 114 Å². The number of benzene rings is 2. The molecule has 6 nitrogen and oxygen atoms in total. The lowest BCUT2D eigenvalue weighted by molar-refractivity contribution is -0.145. The maximum Gasteiger partial charge on any atom is 0.315 e. The number of nitrogen functional groups attached to an aromatic ring is 1. The maximum atomic E-state index is 12.8. The quantitative estimate of drug-likeness (QED) is 0.423. The zero-order chi connectivity index (χ0) is 22.3. The van der Waals surface area contributed by atoms with E-state index in [9.17, 15) is 4.79 Å². The zero-order valence-electron chi connectivity index (χ0n) is 18.0. The molecule has 32 heavy (non-hydrogen) atoms. The second-order valence-corrected chi connectivity index (χ2v) is 7.57. The van der Waals surface area contributed by atoms with Crippen LogP contribution in [0, 0.1) is 0 Å². The predicted octanol–water partition coefficient (Wildman–Crippen LogP) is 4.39. The van der Waals surface area contributed by atoms with Gasteiger partial charge in [-0.3, -0.25) is 4.79 Å². The highest BCUT2D eigenvalue weighted by Gasteiger charge is 2.26. The lowest BCUT2D eigenvalue weighted by atomic mass is 9.97. The van der Waals surface area contributed by atoms with Gasteiger partial charge >= 0.3 is 5.97 Å². The molecule has 0 aliphatic rings. The van der Waals surface area contributed by atoms with Crippen molar-refractivity contribution < 1.29 is 9.53 Å². The Kier molecular flexibility index (Phi) is 6.60. The molecule has 4 rings (SSSR count). The van der Waals surface area contributed by atoms with Crippen LogP contribution in [0.5, 0.6) is 0 Å². The van der Waals surface area contributed by atoms with Crippen LogP contribution in [0.2, 0.25) is 0 Å². The standard InChI is InChI=1S/C26H26N4O2/c1-2-32-26(31)22(15-19-13-14-24(27)28-16-19)23-17-30(18-29-23)25(20-9-5-3-6-10-20)21-11-7-4-8-12-21/h3-14,16-18,22,25H,2,15H2,1H3,(H2,27,28). The number of aromatic nitrogens is 3. The minimum Gasteiger partial charge on any atom is -0.465 e. The Hall–Kier alpha value is -3.93. The Labute approximate surface area is 187 Å². The SMILES string of the molecule is CCOC(=O)C(Cc1ccc(N)nc1)c1cn(C(c2ccccc2)c2ccccc2)cn1. The van der Waals surface area contributed by atoms with Gasteiger partial charge in [-0.05, 0) is 36.1 Å². The Morgan fingerprint density at radius 2 is 1.62 bits per heavy atom. The lowest BCUT2D eigenvalue weighted by Crippen LogP contribution is -2.19. The lowest BCUT2D eigenvalue weighted by Gasteiger charge is -2.20. The van der Waals surface area contributed by atoms with Gasteiger partial charge in [-0.1, -0.05) is 66.7 Å². The molecular weight excluding hydrogens is 400 g/mol. The summed E-state index contributed by atoms with van der Waals surface area (Å²) in [5.41, 5.74) is 9.54. The number of nitrogens with zero attached hydrogens (tertiary/aromatic N) is 3.